The van der Waals surface area contributed by atoms with Gasteiger partial charge in [-0.25, -0.2) is 0 Å². The largest absolute Gasteiger partial charge is 0.497 e. The third-order valence-corrected chi connectivity index (χ3v) is 3.94. The minimum Gasteiger partial charge on any atom is -0.497 e. The molecule has 0 unspecified atom stereocenters. The van der Waals surface area contributed by atoms with E-state index in [4.69, 9.17) is 9.73 Å². The van der Waals surface area contributed by atoms with Crippen molar-refractivity contribution in [3.63, 3.8) is 0 Å². The molecule has 0 saturated carbocycles. The monoisotopic (exact) mass is 315 g/mol. The van der Waals surface area contributed by atoms with E-state index in [0.717, 1.165) is 30.0 Å². The second kappa shape index (κ2) is 8.11. The fourth-order valence-electron chi connectivity index (χ4n) is 2.62. The van der Waals surface area contributed by atoms with E-state index in [2.05, 4.69) is 48.5 Å². The molecule has 3 aromatic rings. The van der Waals surface area contributed by atoms with Crippen LogP contribution in [-0.2, 0) is 6.42 Å². The summed E-state index contributed by atoms with van der Waals surface area (Å²) < 4.78 is 5.22. The second-order valence-electron chi connectivity index (χ2n) is 5.61. The normalized spacial score (nSPS) is 11.3. The molecule has 0 bridgehead atoms. The molecule has 0 atom stereocenters. The standard InChI is InChI=1S/C22H21NO/c1-24-21-15-13-20(14-16-21)23-22(19-10-6-3-7-11-19)17-12-18-8-4-2-5-9-18/h2-11,13-16H,12,17H2,1H3. The lowest BCUT2D eigenvalue weighted by Gasteiger charge is -2.08. The summed E-state index contributed by atoms with van der Waals surface area (Å²) in [6.07, 6.45) is 1.88. The Kier molecular flexibility index (Phi) is 5.41. The first-order chi connectivity index (χ1) is 11.8. The van der Waals surface area contributed by atoms with E-state index in [1.54, 1.807) is 7.11 Å². The van der Waals surface area contributed by atoms with Gasteiger partial charge < -0.3 is 4.74 Å². The van der Waals surface area contributed by atoms with Gasteiger partial charge in [-0.15, -0.1) is 0 Å². The Morgan fingerprint density at radius 2 is 1.42 bits per heavy atom. The topological polar surface area (TPSA) is 21.6 Å². The molecule has 0 fully saturated rings. The van der Waals surface area contributed by atoms with Crippen LogP contribution in [0.15, 0.2) is 89.9 Å². The number of methoxy groups -OCH3 is 1. The van der Waals surface area contributed by atoms with Gasteiger partial charge in [-0.1, -0.05) is 60.7 Å². The highest BCUT2D eigenvalue weighted by Gasteiger charge is 2.05. The SMILES string of the molecule is COc1ccc(N=C(CCc2ccccc2)c2ccccc2)cc1. The van der Waals surface area contributed by atoms with Gasteiger partial charge in [0.1, 0.15) is 5.75 Å². The number of ether oxygens (including phenoxy) is 1. The van der Waals surface area contributed by atoms with Gasteiger partial charge in [0.2, 0.25) is 0 Å². The predicted molar refractivity (Wildman–Crippen MR) is 100 cm³/mol. The van der Waals surface area contributed by atoms with Crippen molar-refractivity contribution in [1.29, 1.82) is 0 Å². The summed E-state index contributed by atoms with van der Waals surface area (Å²) in [4.78, 5) is 4.88. The molecule has 0 N–H and O–H groups in total. The lowest BCUT2D eigenvalue weighted by Crippen LogP contribution is -2.02. The van der Waals surface area contributed by atoms with Crippen LogP contribution in [0.3, 0.4) is 0 Å². The molecule has 2 heteroatoms. The summed E-state index contributed by atoms with van der Waals surface area (Å²) in [6, 6.07) is 28.8. The minimum absolute atomic E-state index is 0.847. The third kappa shape index (κ3) is 4.32. The van der Waals surface area contributed by atoms with Gasteiger partial charge in [-0.3, -0.25) is 4.99 Å². The van der Waals surface area contributed by atoms with Gasteiger partial charge in [0.25, 0.3) is 0 Å². The lowest BCUT2D eigenvalue weighted by atomic mass is 10.0. The summed E-state index contributed by atoms with van der Waals surface area (Å²) in [5.74, 6) is 0.847. The van der Waals surface area contributed by atoms with Crippen LogP contribution in [0.2, 0.25) is 0 Å². The fourth-order valence-corrected chi connectivity index (χ4v) is 2.62. The van der Waals surface area contributed by atoms with Gasteiger partial charge in [-0.2, -0.15) is 0 Å². The van der Waals surface area contributed by atoms with E-state index in [-0.39, 0.29) is 0 Å². The van der Waals surface area contributed by atoms with Crippen LogP contribution in [0.5, 0.6) is 5.75 Å². The smallest absolute Gasteiger partial charge is 0.119 e. The summed E-state index contributed by atoms with van der Waals surface area (Å²) in [5, 5.41) is 0. The molecule has 24 heavy (non-hydrogen) atoms. The Morgan fingerprint density at radius 1 is 0.792 bits per heavy atom. The zero-order chi connectivity index (χ0) is 16.6. The number of aryl methyl sites for hydroxylation is 1. The van der Waals surface area contributed by atoms with Gasteiger partial charge in [0, 0.05) is 5.71 Å². The molecule has 2 nitrogen and oxygen atoms in total. The van der Waals surface area contributed by atoms with Gasteiger partial charge in [0.15, 0.2) is 0 Å². The zero-order valence-corrected chi connectivity index (χ0v) is 13.9. The second-order valence-corrected chi connectivity index (χ2v) is 5.61. The minimum atomic E-state index is 0.847. The van der Waals surface area contributed by atoms with Crippen LogP contribution in [-0.4, -0.2) is 12.8 Å². The van der Waals surface area contributed by atoms with Crippen molar-refractivity contribution in [1.82, 2.24) is 0 Å². The average molecular weight is 315 g/mol. The maximum absolute atomic E-state index is 5.22. The van der Waals surface area contributed by atoms with Crippen LogP contribution in [0.25, 0.3) is 0 Å². The van der Waals surface area contributed by atoms with Crippen molar-refractivity contribution in [2.45, 2.75) is 12.8 Å². The highest BCUT2D eigenvalue weighted by Crippen LogP contribution is 2.20. The molecule has 0 aliphatic carbocycles. The Bertz CT molecular complexity index is 777. The molecule has 0 amide bonds. The first-order valence-electron chi connectivity index (χ1n) is 8.16. The maximum atomic E-state index is 5.22. The van der Waals surface area contributed by atoms with Crippen molar-refractivity contribution in [2.75, 3.05) is 7.11 Å². The molecule has 120 valence electrons. The van der Waals surface area contributed by atoms with E-state index in [1.165, 1.54) is 11.1 Å². The molecule has 3 aromatic carbocycles. The molecule has 0 aliphatic rings. The van der Waals surface area contributed by atoms with E-state index in [9.17, 15) is 0 Å². The van der Waals surface area contributed by atoms with Gasteiger partial charge >= 0.3 is 0 Å². The van der Waals surface area contributed by atoms with E-state index in [1.807, 2.05) is 36.4 Å². The molecule has 0 heterocycles. The maximum Gasteiger partial charge on any atom is 0.119 e. The molecule has 3 rings (SSSR count). The first kappa shape index (κ1) is 16.0. The number of rotatable bonds is 6. The number of hydrogen-bond acceptors (Lipinski definition) is 2. The number of benzene rings is 3. The number of nitrogens with zero attached hydrogens (tertiary/aromatic N) is 1. The fraction of sp³-hybridized carbons (Fsp3) is 0.136. The molecule has 0 aliphatic heterocycles. The molecule has 0 radical (unpaired) electrons. The van der Waals surface area contributed by atoms with Crippen LogP contribution in [0.4, 0.5) is 5.69 Å². The third-order valence-electron chi connectivity index (χ3n) is 3.94. The van der Waals surface area contributed by atoms with Crippen molar-refractivity contribution in [3.05, 3.63) is 96.1 Å². The number of hydrogen-bond donors (Lipinski definition) is 0. The molecule has 0 spiro atoms. The predicted octanol–water partition coefficient (Wildman–Crippen LogP) is 5.45. The Morgan fingerprint density at radius 3 is 2.04 bits per heavy atom. The first-order valence-corrected chi connectivity index (χ1v) is 8.16. The van der Waals surface area contributed by atoms with Gasteiger partial charge in [0.05, 0.1) is 12.8 Å². The zero-order valence-electron chi connectivity index (χ0n) is 13.9. The van der Waals surface area contributed by atoms with Crippen LogP contribution < -0.4 is 4.74 Å². The summed E-state index contributed by atoms with van der Waals surface area (Å²) in [7, 11) is 1.67. The average Bonchev–Trinajstić information content (AvgIpc) is 2.67. The molecular weight excluding hydrogens is 294 g/mol. The quantitative estimate of drug-likeness (QED) is 0.554. The van der Waals surface area contributed by atoms with E-state index < -0.39 is 0 Å². The Balaban J connectivity index is 1.85. The van der Waals surface area contributed by atoms with Crippen molar-refractivity contribution in [3.8, 4) is 5.75 Å². The highest BCUT2D eigenvalue weighted by molar-refractivity contribution is 6.02. The lowest BCUT2D eigenvalue weighted by molar-refractivity contribution is 0.415. The van der Waals surface area contributed by atoms with E-state index >= 15 is 0 Å². The Hall–Kier alpha value is -2.87. The Labute approximate surface area is 143 Å². The molecule has 0 aromatic heterocycles. The highest BCUT2D eigenvalue weighted by atomic mass is 16.5. The molecule has 0 saturated heterocycles. The van der Waals surface area contributed by atoms with Crippen LogP contribution >= 0.6 is 0 Å². The van der Waals surface area contributed by atoms with Crippen molar-refractivity contribution in [2.24, 2.45) is 4.99 Å². The summed E-state index contributed by atoms with van der Waals surface area (Å²) in [6.45, 7) is 0. The molecular formula is C22H21NO. The summed E-state index contributed by atoms with van der Waals surface area (Å²) in [5.41, 5.74) is 4.55. The van der Waals surface area contributed by atoms with Crippen LogP contribution in [0.1, 0.15) is 17.5 Å². The van der Waals surface area contributed by atoms with Crippen LogP contribution in [0, 0.1) is 0 Å². The van der Waals surface area contributed by atoms with Crippen molar-refractivity contribution < 1.29 is 4.74 Å². The van der Waals surface area contributed by atoms with E-state index in [0.29, 0.717) is 0 Å². The van der Waals surface area contributed by atoms with Crippen molar-refractivity contribution >= 4 is 11.4 Å². The summed E-state index contributed by atoms with van der Waals surface area (Å²) >= 11 is 0. The number of aliphatic imine (C=N–C) groups is 1. The van der Waals surface area contributed by atoms with Gasteiger partial charge in [-0.05, 0) is 48.2 Å².